The number of hydrogen-bond donors (Lipinski definition) is 0. The molecule has 4 nitrogen and oxygen atoms in total. The first-order valence-electron chi connectivity index (χ1n) is 6.10. The van der Waals surface area contributed by atoms with Crippen molar-refractivity contribution < 1.29 is 9.13 Å². The summed E-state index contributed by atoms with van der Waals surface area (Å²) in [7, 11) is 0. The quantitative estimate of drug-likeness (QED) is 0.767. The van der Waals surface area contributed by atoms with Crippen LogP contribution in [0.3, 0.4) is 0 Å². The first-order valence-corrected chi connectivity index (χ1v) is 6.10. The number of ether oxygens (including phenoxy) is 1. The molecule has 18 heavy (non-hydrogen) atoms. The highest BCUT2D eigenvalue weighted by atomic mass is 19.1. The average molecular weight is 245 g/mol. The van der Waals surface area contributed by atoms with Crippen LogP contribution in [0.2, 0.25) is 0 Å². The number of nitrogens with zero attached hydrogens (tertiary/aromatic N) is 3. The van der Waals surface area contributed by atoms with Gasteiger partial charge in [0, 0.05) is 11.9 Å². The molecular formula is C13H12FN3O. The van der Waals surface area contributed by atoms with Gasteiger partial charge < -0.3 is 9.64 Å². The zero-order valence-electron chi connectivity index (χ0n) is 9.71. The lowest BCUT2D eigenvalue weighted by atomic mass is 10.2. The van der Waals surface area contributed by atoms with Crippen LogP contribution < -0.4 is 4.90 Å². The van der Waals surface area contributed by atoms with Gasteiger partial charge in [-0.05, 0) is 24.6 Å². The Morgan fingerprint density at radius 2 is 2.28 bits per heavy atom. The molecule has 0 N–H and O–H groups in total. The van der Waals surface area contributed by atoms with E-state index in [1.807, 2.05) is 0 Å². The van der Waals surface area contributed by atoms with Crippen LogP contribution in [0.5, 0.6) is 0 Å². The van der Waals surface area contributed by atoms with Gasteiger partial charge in [0.25, 0.3) is 0 Å². The number of benzene rings is 1. The smallest absolute Gasteiger partial charge is 0.140 e. The molecule has 0 aliphatic carbocycles. The fourth-order valence-corrected chi connectivity index (χ4v) is 2.90. The number of aromatic nitrogens is 2. The molecule has 2 aliphatic heterocycles. The van der Waals surface area contributed by atoms with Crippen LogP contribution in [0, 0.1) is 5.82 Å². The normalized spacial score (nSPS) is 26.2. The van der Waals surface area contributed by atoms with E-state index in [9.17, 15) is 4.39 Å². The van der Waals surface area contributed by atoms with Crippen LogP contribution in [0.15, 0.2) is 24.5 Å². The molecular weight excluding hydrogens is 233 g/mol. The molecule has 92 valence electrons. The highest BCUT2D eigenvalue weighted by Gasteiger charge is 2.40. The second-order valence-corrected chi connectivity index (χ2v) is 4.86. The molecule has 2 saturated heterocycles. The number of hydrogen-bond acceptors (Lipinski definition) is 4. The number of anilines is 1. The van der Waals surface area contributed by atoms with Gasteiger partial charge in [-0.1, -0.05) is 0 Å². The fraction of sp³-hybridized carbons (Fsp3) is 0.385. The van der Waals surface area contributed by atoms with Crippen molar-refractivity contribution in [1.29, 1.82) is 0 Å². The zero-order chi connectivity index (χ0) is 12.1. The molecule has 2 fully saturated rings. The Labute approximate surface area is 103 Å². The van der Waals surface area contributed by atoms with E-state index in [0.29, 0.717) is 12.1 Å². The minimum Gasteiger partial charge on any atom is -0.374 e. The van der Waals surface area contributed by atoms with Gasteiger partial charge >= 0.3 is 0 Å². The lowest BCUT2D eigenvalue weighted by molar-refractivity contribution is 0.0990. The van der Waals surface area contributed by atoms with Crippen LogP contribution in [-0.2, 0) is 4.74 Å². The van der Waals surface area contributed by atoms with Gasteiger partial charge in [-0.3, -0.25) is 0 Å². The molecule has 0 saturated carbocycles. The van der Waals surface area contributed by atoms with E-state index in [1.54, 1.807) is 12.4 Å². The summed E-state index contributed by atoms with van der Waals surface area (Å²) in [6.45, 7) is 1.58. The molecule has 0 amide bonds. The molecule has 2 aromatic rings. The van der Waals surface area contributed by atoms with E-state index >= 15 is 0 Å². The maximum Gasteiger partial charge on any atom is 0.140 e. The maximum absolute atomic E-state index is 13.4. The van der Waals surface area contributed by atoms with Crippen LogP contribution in [0.25, 0.3) is 10.9 Å². The van der Waals surface area contributed by atoms with Crippen LogP contribution in [0.4, 0.5) is 10.2 Å². The van der Waals surface area contributed by atoms with Crippen molar-refractivity contribution in [2.75, 3.05) is 18.1 Å². The van der Waals surface area contributed by atoms with E-state index in [1.165, 1.54) is 12.1 Å². The third-order valence-electron chi connectivity index (χ3n) is 3.75. The molecule has 2 aliphatic rings. The summed E-state index contributed by atoms with van der Waals surface area (Å²) in [5.74, 6) is 0.578. The van der Waals surface area contributed by atoms with E-state index in [0.717, 1.165) is 36.3 Å². The summed E-state index contributed by atoms with van der Waals surface area (Å²) in [5.41, 5.74) is 0.782. The monoisotopic (exact) mass is 245 g/mol. The summed E-state index contributed by atoms with van der Waals surface area (Å²) >= 11 is 0. The number of halogens is 1. The molecule has 0 unspecified atom stereocenters. The Bertz CT molecular complexity index is 618. The number of fused-ring (bicyclic) bond motifs is 3. The lowest BCUT2D eigenvalue weighted by Crippen LogP contribution is -2.37. The van der Waals surface area contributed by atoms with Crippen LogP contribution in [0.1, 0.15) is 6.42 Å². The van der Waals surface area contributed by atoms with Crippen LogP contribution in [-0.4, -0.2) is 35.3 Å². The number of rotatable bonds is 1. The summed E-state index contributed by atoms with van der Waals surface area (Å²) in [5, 5.41) is 0.782. The standard InChI is InChI=1S/C13H12FN3O/c14-8-1-2-12-11(3-8)13(16-7-15-12)17-5-10-4-9(17)6-18-10/h1-3,7,9-10H,4-6H2/t9-,10+/m0/s1. The predicted octanol–water partition coefficient (Wildman–Crippen LogP) is 1.75. The van der Waals surface area contributed by atoms with Gasteiger partial charge in [0.05, 0.1) is 24.3 Å². The first-order chi connectivity index (χ1) is 8.81. The lowest BCUT2D eigenvalue weighted by Gasteiger charge is -2.28. The van der Waals surface area contributed by atoms with Gasteiger partial charge in [0.1, 0.15) is 18.0 Å². The van der Waals surface area contributed by atoms with Gasteiger partial charge in [-0.15, -0.1) is 0 Å². The highest BCUT2D eigenvalue weighted by Crippen LogP contribution is 2.34. The molecule has 2 atom stereocenters. The Morgan fingerprint density at radius 3 is 3.06 bits per heavy atom. The highest BCUT2D eigenvalue weighted by molar-refractivity contribution is 5.89. The van der Waals surface area contributed by atoms with Crippen molar-refractivity contribution >= 4 is 16.7 Å². The molecule has 3 heterocycles. The Kier molecular flexibility index (Phi) is 2.05. The third kappa shape index (κ3) is 1.40. The summed E-state index contributed by atoms with van der Waals surface area (Å²) in [4.78, 5) is 10.7. The Balaban J connectivity index is 1.87. The van der Waals surface area contributed by atoms with Crippen molar-refractivity contribution in [3.05, 3.63) is 30.3 Å². The second-order valence-electron chi connectivity index (χ2n) is 4.86. The SMILES string of the molecule is Fc1ccc2ncnc(N3C[C@H]4C[C@H]3CO4)c2c1. The zero-order valence-corrected chi connectivity index (χ0v) is 9.71. The molecule has 2 bridgehead atoms. The van der Waals surface area contributed by atoms with Crippen LogP contribution >= 0.6 is 0 Å². The van der Waals surface area contributed by atoms with Crippen molar-refractivity contribution in [3.8, 4) is 0 Å². The van der Waals surface area contributed by atoms with E-state index in [4.69, 9.17) is 4.74 Å². The van der Waals surface area contributed by atoms with Gasteiger partial charge in [-0.2, -0.15) is 0 Å². The first kappa shape index (κ1) is 10.2. The molecule has 4 rings (SSSR count). The fourth-order valence-electron chi connectivity index (χ4n) is 2.90. The number of morpholine rings is 1. The summed E-state index contributed by atoms with van der Waals surface area (Å²) in [6.07, 6.45) is 2.89. The van der Waals surface area contributed by atoms with E-state index in [2.05, 4.69) is 14.9 Å². The average Bonchev–Trinajstić information content (AvgIpc) is 3.00. The van der Waals surface area contributed by atoms with Crippen molar-refractivity contribution in [2.24, 2.45) is 0 Å². The van der Waals surface area contributed by atoms with Crippen molar-refractivity contribution in [3.63, 3.8) is 0 Å². The predicted molar refractivity (Wildman–Crippen MR) is 65.0 cm³/mol. The molecule has 0 spiro atoms. The van der Waals surface area contributed by atoms with Crippen molar-refractivity contribution in [1.82, 2.24) is 9.97 Å². The summed E-state index contributed by atoms with van der Waals surface area (Å²) in [6, 6.07) is 5.01. The molecule has 0 radical (unpaired) electrons. The molecule has 1 aromatic heterocycles. The van der Waals surface area contributed by atoms with E-state index in [-0.39, 0.29) is 5.82 Å². The second kappa shape index (κ2) is 3.62. The minimum atomic E-state index is -0.251. The van der Waals surface area contributed by atoms with E-state index < -0.39 is 0 Å². The third-order valence-corrected chi connectivity index (χ3v) is 3.75. The van der Waals surface area contributed by atoms with Gasteiger partial charge in [0.2, 0.25) is 0 Å². The Hall–Kier alpha value is -1.75. The van der Waals surface area contributed by atoms with Crippen molar-refractivity contribution in [2.45, 2.75) is 18.6 Å². The minimum absolute atomic E-state index is 0.251. The summed E-state index contributed by atoms with van der Waals surface area (Å²) < 4.78 is 19.0. The maximum atomic E-state index is 13.4. The topological polar surface area (TPSA) is 38.2 Å². The molecule has 5 heteroatoms. The van der Waals surface area contributed by atoms with Gasteiger partial charge in [0.15, 0.2) is 0 Å². The molecule has 1 aromatic carbocycles. The largest absolute Gasteiger partial charge is 0.374 e. The Morgan fingerprint density at radius 1 is 1.33 bits per heavy atom. The van der Waals surface area contributed by atoms with Gasteiger partial charge in [-0.25, -0.2) is 14.4 Å².